The summed E-state index contributed by atoms with van der Waals surface area (Å²) in [6, 6.07) is 6.56. The number of nitrogens with one attached hydrogen (secondary N) is 1. The minimum absolute atomic E-state index is 0.0133. The molecule has 0 heterocycles. The Bertz CT molecular complexity index is 484. The maximum absolute atomic E-state index is 12.3. The van der Waals surface area contributed by atoms with Gasteiger partial charge in [-0.1, -0.05) is 31.5 Å². The lowest BCUT2D eigenvalue weighted by Crippen LogP contribution is -2.45. The number of hydrogen-bond acceptors (Lipinski definition) is 3. The summed E-state index contributed by atoms with van der Waals surface area (Å²) >= 11 is 0. The Morgan fingerprint density at radius 3 is 2.76 bits per heavy atom. The van der Waals surface area contributed by atoms with Crippen molar-refractivity contribution in [1.82, 2.24) is 4.90 Å². The SMILES string of the molecule is CCc1cccc(C)c1NC(=O)CN(CCO)C1CCC1. The van der Waals surface area contributed by atoms with Crippen molar-refractivity contribution in [1.29, 1.82) is 0 Å². The molecule has 0 spiro atoms. The van der Waals surface area contributed by atoms with E-state index in [0.29, 0.717) is 19.1 Å². The van der Waals surface area contributed by atoms with Gasteiger partial charge in [-0.3, -0.25) is 9.69 Å². The maximum Gasteiger partial charge on any atom is 0.238 e. The highest BCUT2D eigenvalue weighted by molar-refractivity contribution is 5.93. The van der Waals surface area contributed by atoms with E-state index in [1.54, 1.807) is 0 Å². The molecule has 0 radical (unpaired) electrons. The summed E-state index contributed by atoms with van der Waals surface area (Å²) in [6.07, 6.45) is 4.40. The van der Waals surface area contributed by atoms with E-state index in [9.17, 15) is 4.79 Å². The van der Waals surface area contributed by atoms with Crippen molar-refractivity contribution in [2.24, 2.45) is 0 Å². The monoisotopic (exact) mass is 290 g/mol. The molecule has 0 aromatic heterocycles. The molecule has 4 nitrogen and oxygen atoms in total. The number of aliphatic hydroxyl groups excluding tert-OH is 1. The highest BCUT2D eigenvalue weighted by atomic mass is 16.3. The molecule has 1 aromatic carbocycles. The minimum Gasteiger partial charge on any atom is -0.395 e. The lowest BCUT2D eigenvalue weighted by atomic mass is 9.91. The highest BCUT2D eigenvalue weighted by Crippen LogP contribution is 2.25. The van der Waals surface area contributed by atoms with Crippen LogP contribution < -0.4 is 5.32 Å². The third-order valence-corrected chi connectivity index (χ3v) is 4.33. The van der Waals surface area contributed by atoms with E-state index in [-0.39, 0.29) is 12.5 Å². The van der Waals surface area contributed by atoms with E-state index in [1.165, 1.54) is 12.0 Å². The molecule has 2 rings (SSSR count). The van der Waals surface area contributed by atoms with E-state index in [4.69, 9.17) is 5.11 Å². The molecule has 0 aliphatic heterocycles. The van der Waals surface area contributed by atoms with Gasteiger partial charge in [0.1, 0.15) is 0 Å². The predicted molar refractivity (Wildman–Crippen MR) is 85.5 cm³/mol. The zero-order chi connectivity index (χ0) is 15.2. The van der Waals surface area contributed by atoms with Crippen LogP contribution in [0, 0.1) is 6.92 Å². The van der Waals surface area contributed by atoms with Crippen molar-refractivity contribution < 1.29 is 9.90 Å². The standard InChI is InChI=1S/C17H26N2O2/c1-3-14-7-4-6-13(2)17(14)18-16(21)12-19(10-11-20)15-8-5-9-15/h4,6-7,15,20H,3,5,8-12H2,1-2H3,(H,18,21). The van der Waals surface area contributed by atoms with Crippen molar-refractivity contribution in [2.75, 3.05) is 25.0 Å². The molecule has 1 amide bonds. The first-order chi connectivity index (χ1) is 10.2. The first kappa shape index (κ1) is 16.0. The second kappa shape index (κ2) is 7.57. The van der Waals surface area contributed by atoms with Gasteiger partial charge < -0.3 is 10.4 Å². The van der Waals surface area contributed by atoms with Gasteiger partial charge in [0.25, 0.3) is 0 Å². The molecule has 1 aromatic rings. The summed E-state index contributed by atoms with van der Waals surface area (Å²) in [5.74, 6) is 0.0133. The van der Waals surface area contributed by atoms with Crippen LogP contribution in [0.5, 0.6) is 0 Å². The van der Waals surface area contributed by atoms with Crippen LogP contribution in [-0.2, 0) is 11.2 Å². The topological polar surface area (TPSA) is 52.6 Å². The Labute approximate surface area is 127 Å². The Balaban J connectivity index is 2.00. The van der Waals surface area contributed by atoms with Crippen molar-refractivity contribution >= 4 is 11.6 Å². The Hall–Kier alpha value is -1.39. The first-order valence-corrected chi connectivity index (χ1v) is 7.89. The van der Waals surface area contributed by atoms with Gasteiger partial charge in [0, 0.05) is 18.3 Å². The van der Waals surface area contributed by atoms with E-state index < -0.39 is 0 Å². The van der Waals surface area contributed by atoms with Crippen LogP contribution in [0.1, 0.15) is 37.3 Å². The molecule has 1 saturated carbocycles. The lowest BCUT2D eigenvalue weighted by Gasteiger charge is -2.36. The zero-order valence-electron chi connectivity index (χ0n) is 13.1. The van der Waals surface area contributed by atoms with Crippen LogP contribution in [0.15, 0.2) is 18.2 Å². The van der Waals surface area contributed by atoms with E-state index >= 15 is 0 Å². The Morgan fingerprint density at radius 1 is 1.43 bits per heavy atom. The normalized spacial score (nSPS) is 15.0. The fourth-order valence-electron chi connectivity index (χ4n) is 2.84. The van der Waals surface area contributed by atoms with Gasteiger partial charge in [0.05, 0.1) is 13.2 Å². The number of aryl methyl sites for hydroxylation is 2. The smallest absolute Gasteiger partial charge is 0.238 e. The fraction of sp³-hybridized carbons (Fsp3) is 0.588. The molecule has 0 unspecified atom stereocenters. The number of anilines is 1. The van der Waals surface area contributed by atoms with Gasteiger partial charge in [-0.15, -0.1) is 0 Å². The number of hydrogen-bond donors (Lipinski definition) is 2. The summed E-state index contributed by atoms with van der Waals surface area (Å²) in [4.78, 5) is 14.4. The van der Waals surface area contributed by atoms with E-state index in [0.717, 1.165) is 30.5 Å². The molecule has 1 fully saturated rings. The Morgan fingerprint density at radius 2 is 2.19 bits per heavy atom. The van der Waals surface area contributed by atoms with Crippen molar-refractivity contribution in [3.63, 3.8) is 0 Å². The van der Waals surface area contributed by atoms with Crippen LogP contribution in [0.4, 0.5) is 5.69 Å². The molecule has 2 N–H and O–H groups in total. The summed E-state index contributed by atoms with van der Waals surface area (Å²) < 4.78 is 0. The summed E-state index contributed by atoms with van der Waals surface area (Å²) in [5.41, 5.74) is 3.21. The van der Waals surface area contributed by atoms with Crippen LogP contribution >= 0.6 is 0 Å². The molecule has 0 atom stereocenters. The molecule has 4 heteroatoms. The quantitative estimate of drug-likeness (QED) is 0.810. The van der Waals surface area contributed by atoms with Gasteiger partial charge in [-0.25, -0.2) is 0 Å². The van der Waals surface area contributed by atoms with Crippen LogP contribution in [-0.4, -0.2) is 41.7 Å². The zero-order valence-corrected chi connectivity index (χ0v) is 13.1. The fourth-order valence-corrected chi connectivity index (χ4v) is 2.84. The second-order valence-electron chi connectivity index (χ2n) is 5.79. The van der Waals surface area contributed by atoms with Crippen molar-refractivity contribution in [3.8, 4) is 0 Å². The van der Waals surface area contributed by atoms with Gasteiger partial charge in [-0.2, -0.15) is 0 Å². The Kier molecular flexibility index (Phi) is 5.76. The number of benzene rings is 1. The van der Waals surface area contributed by atoms with Gasteiger partial charge in [0.15, 0.2) is 0 Å². The van der Waals surface area contributed by atoms with E-state index in [2.05, 4.69) is 23.2 Å². The van der Waals surface area contributed by atoms with Crippen LogP contribution in [0.25, 0.3) is 0 Å². The number of carbonyl (C=O) groups excluding carboxylic acids is 1. The molecular weight excluding hydrogens is 264 g/mol. The number of carbonyl (C=O) groups is 1. The number of aliphatic hydroxyl groups is 1. The predicted octanol–water partition coefficient (Wildman–Crippen LogP) is 2.34. The average Bonchev–Trinajstić information content (AvgIpc) is 2.39. The highest BCUT2D eigenvalue weighted by Gasteiger charge is 2.26. The average molecular weight is 290 g/mol. The lowest BCUT2D eigenvalue weighted by molar-refractivity contribution is -0.118. The summed E-state index contributed by atoms with van der Waals surface area (Å²) in [6.45, 7) is 5.16. The number of para-hydroxylation sites is 1. The molecule has 1 aliphatic carbocycles. The van der Waals surface area contributed by atoms with Crippen LogP contribution in [0.2, 0.25) is 0 Å². The summed E-state index contributed by atoms with van der Waals surface area (Å²) in [7, 11) is 0. The second-order valence-corrected chi connectivity index (χ2v) is 5.79. The molecular formula is C17H26N2O2. The molecule has 21 heavy (non-hydrogen) atoms. The largest absolute Gasteiger partial charge is 0.395 e. The van der Waals surface area contributed by atoms with E-state index in [1.807, 2.05) is 19.1 Å². The van der Waals surface area contributed by atoms with Crippen molar-refractivity contribution in [2.45, 2.75) is 45.6 Å². The third-order valence-electron chi connectivity index (χ3n) is 4.33. The minimum atomic E-state index is 0.0133. The molecule has 0 bridgehead atoms. The number of rotatable bonds is 7. The molecule has 1 aliphatic rings. The van der Waals surface area contributed by atoms with Crippen molar-refractivity contribution in [3.05, 3.63) is 29.3 Å². The molecule has 0 saturated heterocycles. The van der Waals surface area contributed by atoms with Gasteiger partial charge in [0.2, 0.25) is 5.91 Å². The maximum atomic E-state index is 12.3. The molecule has 116 valence electrons. The third kappa shape index (κ3) is 4.05. The van der Waals surface area contributed by atoms with Gasteiger partial charge in [-0.05, 0) is 37.3 Å². The van der Waals surface area contributed by atoms with Gasteiger partial charge >= 0.3 is 0 Å². The first-order valence-electron chi connectivity index (χ1n) is 7.89. The number of amides is 1. The number of nitrogens with zero attached hydrogens (tertiary/aromatic N) is 1. The summed E-state index contributed by atoms with van der Waals surface area (Å²) in [5, 5.41) is 12.2. The van der Waals surface area contributed by atoms with Crippen LogP contribution in [0.3, 0.4) is 0 Å².